The van der Waals surface area contributed by atoms with Gasteiger partial charge in [-0.25, -0.2) is 0 Å². The van der Waals surface area contributed by atoms with Gasteiger partial charge in [-0.05, 0) is 146 Å². The van der Waals surface area contributed by atoms with E-state index in [4.69, 9.17) is 42.5 Å². The van der Waals surface area contributed by atoms with Crippen LogP contribution in [0.25, 0.3) is 0 Å². The third-order valence-electron chi connectivity index (χ3n) is 25.1. The van der Waals surface area contributed by atoms with E-state index in [-0.39, 0.29) is 0 Å². The van der Waals surface area contributed by atoms with E-state index in [0.717, 1.165) is 47.3 Å². The highest BCUT2D eigenvalue weighted by Gasteiger charge is 2.61. The van der Waals surface area contributed by atoms with E-state index in [1.54, 1.807) is 0 Å². The molecule has 16 atom stereocenters. The van der Waals surface area contributed by atoms with Crippen LogP contribution in [0, 0.1) is 94.7 Å². The van der Waals surface area contributed by atoms with E-state index in [0.29, 0.717) is 96.7 Å². The number of rotatable bonds is 32. The van der Waals surface area contributed by atoms with E-state index in [1.807, 2.05) is 0 Å². The summed E-state index contributed by atoms with van der Waals surface area (Å²) in [6.07, 6.45) is 58.6. The summed E-state index contributed by atoms with van der Waals surface area (Å²) >= 11 is 0. The van der Waals surface area contributed by atoms with Crippen LogP contribution in [0.2, 0.25) is 0 Å². The number of nitrogens with one attached hydrogen (secondary N) is 8. The lowest BCUT2D eigenvalue weighted by molar-refractivity contribution is 0.0368. The Morgan fingerprint density at radius 2 is 0.287 bits per heavy atom. The highest BCUT2D eigenvalue weighted by Crippen LogP contribution is 2.56. The van der Waals surface area contributed by atoms with E-state index < -0.39 is 0 Å². The van der Waals surface area contributed by atoms with Crippen LogP contribution in [0.3, 0.4) is 0 Å². The van der Waals surface area contributed by atoms with Gasteiger partial charge < -0.3 is 0 Å². The third kappa shape index (κ3) is 15.5. The van der Waals surface area contributed by atoms with Crippen LogP contribution in [-0.4, -0.2) is 49.3 Å². The molecule has 464 valence electrons. The van der Waals surface area contributed by atoms with Crippen LogP contribution in [-0.2, 0) is 0 Å². The molecule has 8 bridgehead atoms. The molecule has 0 amide bonds. The Kier molecular flexibility index (Phi) is 26.6. The van der Waals surface area contributed by atoms with Crippen LogP contribution >= 0.6 is 0 Å². The Morgan fingerprint density at radius 1 is 0.175 bits per heavy atom. The molecule has 0 spiro atoms. The molecule has 80 heavy (non-hydrogen) atoms. The summed E-state index contributed by atoms with van der Waals surface area (Å²) < 4.78 is 0. The molecule has 9 aliphatic rings. The van der Waals surface area contributed by atoms with Gasteiger partial charge in [0, 0.05) is 0 Å². The van der Waals surface area contributed by atoms with Crippen molar-refractivity contribution in [1.29, 1.82) is 0 Å². The maximum atomic E-state index is 4.83. The fourth-order valence-electron chi connectivity index (χ4n) is 21.4. The van der Waals surface area contributed by atoms with Crippen LogP contribution in [0.15, 0.2) is 0 Å². The van der Waals surface area contributed by atoms with Crippen molar-refractivity contribution in [2.45, 2.75) is 362 Å². The fraction of sp³-hybridized carbons (Fsp3) is 1.00. The Labute approximate surface area is 496 Å². The molecule has 4 saturated carbocycles. The van der Waals surface area contributed by atoms with Gasteiger partial charge in [0.2, 0.25) is 0 Å². The van der Waals surface area contributed by atoms with Crippen molar-refractivity contribution in [3.8, 4) is 0 Å². The van der Waals surface area contributed by atoms with Crippen molar-refractivity contribution in [2.75, 3.05) is 0 Å². The minimum atomic E-state index is 0.336. The van der Waals surface area contributed by atoms with Crippen LogP contribution in [0.1, 0.15) is 312 Å². The molecule has 9 fully saturated rings. The van der Waals surface area contributed by atoms with Gasteiger partial charge in [-0.1, -0.05) is 261 Å². The van der Waals surface area contributed by atoms with Gasteiger partial charge in [-0.3, -0.25) is 42.5 Å². The first-order valence-corrected chi connectivity index (χ1v) is 37.5. The molecule has 0 aromatic carbocycles. The monoisotopic (exact) mass is 1110 g/mol. The normalized spacial score (nSPS) is 42.3. The molecular weight excluding hydrogens is 977 g/mol. The van der Waals surface area contributed by atoms with Crippen molar-refractivity contribution >= 4 is 0 Å². The SMILES string of the molecule is CCCCCC1CCC(CCCCC)C2C3NC(NC4NC(NC5NC(NC6NC(N3)C3C(CCCCC)CCC(CCCCC)C63)C3C(CCCCC)CCC(CCCCC)C53)C3C(CCCCC)CCC(CCCCC)C43)C12. The predicted molar refractivity (Wildman–Crippen MR) is 341 cm³/mol. The summed E-state index contributed by atoms with van der Waals surface area (Å²) in [4.78, 5) is 0. The minimum absolute atomic E-state index is 0.336. The average Bonchev–Trinajstić information content (AvgIpc) is 4.30. The van der Waals surface area contributed by atoms with Crippen molar-refractivity contribution in [2.24, 2.45) is 94.7 Å². The van der Waals surface area contributed by atoms with Gasteiger partial charge in [0.25, 0.3) is 0 Å². The van der Waals surface area contributed by atoms with Gasteiger partial charge in [-0.15, -0.1) is 0 Å². The number of hydrogen-bond donors (Lipinski definition) is 8. The van der Waals surface area contributed by atoms with Gasteiger partial charge in [0.05, 0.1) is 49.3 Å². The van der Waals surface area contributed by atoms with Gasteiger partial charge in [0.1, 0.15) is 0 Å². The summed E-state index contributed by atoms with van der Waals surface area (Å²) in [5.41, 5.74) is 0. The lowest BCUT2D eigenvalue weighted by Crippen LogP contribution is -2.62. The van der Waals surface area contributed by atoms with E-state index in [1.165, 1.54) is 257 Å². The highest BCUT2D eigenvalue weighted by atomic mass is 15.4. The topological polar surface area (TPSA) is 96.2 Å². The van der Waals surface area contributed by atoms with Gasteiger partial charge in [-0.2, -0.15) is 0 Å². The van der Waals surface area contributed by atoms with Crippen LogP contribution < -0.4 is 42.5 Å². The fourth-order valence-corrected chi connectivity index (χ4v) is 21.4. The molecule has 5 saturated heterocycles. The second kappa shape index (κ2) is 33.1. The number of fused-ring (bicyclic) bond motifs is 20. The maximum absolute atomic E-state index is 4.83. The zero-order chi connectivity index (χ0) is 55.8. The molecule has 4 aliphatic carbocycles. The van der Waals surface area contributed by atoms with Gasteiger partial charge >= 0.3 is 0 Å². The Hall–Kier alpha value is -0.320. The van der Waals surface area contributed by atoms with Crippen LogP contribution in [0.4, 0.5) is 0 Å². The summed E-state index contributed by atoms with van der Waals surface area (Å²) in [6, 6.07) is 0. The second-order valence-electron chi connectivity index (χ2n) is 30.1. The number of unbranched alkanes of at least 4 members (excludes halogenated alkanes) is 16. The average molecular weight is 1110 g/mol. The molecule has 0 aromatic rings. The first kappa shape index (κ1) is 64.2. The summed E-state index contributed by atoms with van der Waals surface area (Å²) in [7, 11) is 0. The lowest BCUT2D eigenvalue weighted by Gasteiger charge is -2.46. The molecular formula is C72H136N8. The Balaban J connectivity index is 1.17. The first-order chi connectivity index (χ1) is 39.4. The quantitative estimate of drug-likeness (QED) is 0.0316. The van der Waals surface area contributed by atoms with Crippen molar-refractivity contribution < 1.29 is 0 Å². The molecule has 8 heteroatoms. The molecule has 5 heterocycles. The van der Waals surface area contributed by atoms with Gasteiger partial charge in [0.15, 0.2) is 0 Å². The van der Waals surface area contributed by atoms with E-state index in [9.17, 15) is 0 Å². The molecule has 16 unspecified atom stereocenters. The van der Waals surface area contributed by atoms with Crippen molar-refractivity contribution in [3.05, 3.63) is 0 Å². The first-order valence-electron chi connectivity index (χ1n) is 37.5. The Bertz CT molecular complexity index is 1340. The van der Waals surface area contributed by atoms with Crippen molar-refractivity contribution in [1.82, 2.24) is 42.5 Å². The second-order valence-corrected chi connectivity index (χ2v) is 30.1. The predicted octanol–water partition coefficient (Wildman–Crippen LogP) is 17.1. The Morgan fingerprint density at radius 3 is 0.388 bits per heavy atom. The minimum Gasteiger partial charge on any atom is -0.286 e. The maximum Gasteiger partial charge on any atom is 0.0631 e. The zero-order valence-corrected chi connectivity index (χ0v) is 54.1. The summed E-state index contributed by atoms with van der Waals surface area (Å²) in [5, 5.41) is 38.3. The standard InChI is InChI=1S/C72H136N8/c1-9-17-25-33-49-41-42-50(34-26-18-10-2)58-57(49)65-73-66(58)78-68-61-53(37-29-21-13-5)45-46-54(38-30-22-14-6)62(61)70(75-68)80-72-64-56(40-32-24-16-8)48-47-55(39-31-23-15-7)63(64)71(76-72)79-69-60-52(36-28-20-12-4)44-43-51(35-27-19-11-3)59(60)67(74-69)77-65/h49-80H,9-48H2,1-8H3. The molecule has 0 aromatic heterocycles. The molecule has 5 aliphatic heterocycles. The largest absolute Gasteiger partial charge is 0.286 e. The summed E-state index contributed by atoms with van der Waals surface area (Å²) in [6.45, 7) is 19.5. The van der Waals surface area contributed by atoms with E-state index in [2.05, 4.69) is 55.4 Å². The van der Waals surface area contributed by atoms with E-state index >= 15 is 0 Å². The molecule has 0 radical (unpaired) electrons. The summed E-state index contributed by atoms with van der Waals surface area (Å²) in [5.74, 6) is 11.7. The number of hydrogen-bond acceptors (Lipinski definition) is 8. The molecule has 8 N–H and O–H groups in total. The molecule has 9 rings (SSSR count). The lowest BCUT2D eigenvalue weighted by atomic mass is 9.62. The third-order valence-corrected chi connectivity index (χ3v) is 25.1. The van der Waals surface area contributed by atoms with Crippen LogP contribution in [0.5, 0.6) is 0 Å². The highest BCUT2D eigenvalue weighted by molar-refractivity contribution is 5.13. The smallest absolute Gasteiger partial charge is 0.0631 e. The molecule has 8 nitrogen and oxygen atoms in total. The van der Waals surface area contributed by atoms with Crippen molar-refractivity contribution in [3.63, 3.8) is 0 Å². The zero-order valence-electron chi connectivity index (χ0n) is 54.1.